The van der Waals surface area contributed by atoms with E-state index in [4.69, 9.17) is 9.84 Å². The van der Waals surface area contributed by atoms with E-state index in [1.807, 2.05) is 30.9 Å². The van der Waals surface area contributed by atoms with E-state index >= 15 is 4.39 Å². The largest absolute Gasteiger partial charge is 0.390 e. The van der Waals surface area contributed by atoms with Gasteiger partial charge in [0.1, 0.15) is 12.4 Å². The molecule has 1 aliphatic heterocycles. The second kappa shape index (κ2) is 8.95. The van der Waals surface area contributed by atoms with Crippen LogP contribution in [0.1, 0.15) is 55.1 Å². The Morgan fingerprint density at radius 2 is 2.00 bits per heavy atom. The maximum atomic E-state index is 15.1. The number of halogens is 3. The van der Waals surface area contributed by atoms with Crippen LogP contribution in [-0.4, -0.2) is 47.6 Å². The van der Waals surface area contributed by atoms with Crippen LogP contribution in [0, 0.1) is 12.7 Å². The minimum absolute atomic E-state index is 0.00441. The molecule has 0 spiro atoms. The van der Waals surface area contributed by atoms with Crippen molar-refractivity contribution in [3.05, 3.63) is 58.5 Å². The summed E-state index contributed by atoms with van der Waals surface area (Å²) in [6, 6.07) is 6.96. The number of amides is 1. The molecule has 5 rings (SSSR count). The fourth-order valence-corrected chi connectivity index (χ4v) is 5.21. The topological polar surface area (TPSA) is 87.6 Å². The minimum Gasteiger partial charge on any atom is -0.390 e. The zero-order valence-electron chi connectivity index (χ0n) is 21.1. The molecule has 3 aromatic rings. The maximum absolute atomic E-state index is 15.1. The number of hydrogen-bond acceptors (Lipinski definition) is 6. The summed E-state index contributed by atoms with van der Waals surface area (Å²) in [4.78, 5) is 15.4. The van der Waals surface area contributed by atoms with Crippen molar-refractivity contribution in [3.63, 3.8) is 0 Å². The van der Waals surface area contributed by atoms with Crippen molar-refractivity contribution in [3.8, 4) is 0 Å². The van der Waals surface area contributed by atoms with Gasteiger partial charge in [-0.05, 0) is 57.4 Å². The van der Waals surface area contributed by atoms with E-state index in [9.17, 15) is 13.6 Å². The van der Waals surface area contributed by atoms with Crippen molar-refractivity contribution in [1.82, 2.24) is 10.2 Å². The van der Waals surface area contributed by atoms with Gasteiger partial charge in [0, 0.05) is 35.2 Å². The first-order valence-electron chi connectivity index (χ1n) is 12.2. The molecule has 1 saturated carbocycles. The highest BCUT2D eigenvalue weighted by Gasteiger charge is 2.52. The molecule has 1 fully saturated rings. The highest BCUT2D eigenvalue weighted by Crippen LogP contribution is 2.49. The molecular formula is C27H29F3N4O3. The number of aromatic nitrogens is 2. The van der Waals surface area contributed by atoms with Gasteiger partial charge in [0.2, 0.25) is 5.91 Å². The molecule has 1 aromatic heterocycles. The van der Waals surface area contributed by atoms with E-state index in [2.05, 4.69) is 15.5 Å². The number of fused-ring (bicyclic) bond motifs is 2. The number of ether oxygens (including phenoxy) is 1. The Balaban J connectivity index is 1.60. The van der Waals surface area contributed by atoms with Gasteiger partial charge in [-0.2, -0.15) is 13.9 Å². The van der Waals surface area contributed by atoms with E-state index in [1.54, 1.807) is 14.0 Å². The van der Waals surface area contributed by atoms with Crippen molar-refractivity contribution in [2.24, 2.45) is 0 Å². The van der Waals surface area contributed by atoms with Crippen LogP contribution in [0.4, 0.5) is 24.7 Å². The number of aryl methyl sites for hydroxylation is 1. The molecule has 2 aromatic carbocycles. The van der Waals surface area contributed by atoms with Crippen LogP contribution >= 0.6 is 0 Å². The van der Waals surface area contributed by atoms with Crippen molar-refractivity contribution in [2.75, 3.05) is 30.5 Å². The molecule has 2 atom stereocenters. The maximum Gasteiger partial charge on any atom is 0.298 e. The molecule has 2 aliphatic rings. The molecule has 2 heterocycles. The Labute approximate surface area is 212 Å². The normalized spacial score (nSPS) is 20.4. The van der Waals surface area contributed by atoms with Crippen molar-refractivity contribution in [2.45, 2.75) is 57.0 Å². The number of methoxy groups -OCH3 is 1. The van der Waals surface area contributed by atoms with Crippen LogP contribution in [0.3, 0.4) is 0 Å². The standard InChI is InChI=1S/C27H29F3N4O3/c1-14(17-6-5-7-20(23(17)28)27(29,30)12-35)31-24-19-11-22-21(10-18(19)15(2)32-33-24)26(3,13-37-4)25(36)34(22)16-8-9-16/h5-7,10-11,14,16,35H,8-9,12-13H2,1-4H3,(H,31,33)/t14-,26?/m1/s1. The number of aliphatic hydroxyl groups excluding tert-OH is 1. The third-order valence-corrected chi connectivity index (χ3v) is 7.41. The van der Waals surface area contributed by atoms with Gasteiger partial charge in [-0.3, -0.25) is 4.79 Å². The Kier molecular flexibility index (Phi) is 6.15. The average molecular weight is 515 g/mol. The quantitative estimate of drug-likeness (QED) is 0.451. The number of alkyl halides is 2. The molecule has 0 saturated heterocycles. The summed E-state index contributed by atoms with van der Waals surface area (Å²) >= 11 is 0. The SMILES string of the molecule is COCC1(C)C(=O)N(C2CC2)c2cc3c(N[C@H](C)c4cccc(C(F)(F)CO)c4F)nnc(C)c3cc21. The summed E-state index contributed by atoms with van der Waals surface area (Å²) in [5, 5.41) is 22.2. The van der Waals surface area contributed by atoms with Gasteiger partial charge < -0.3 is 20.1 Å². The Bertz CT molecular complexity index is 1400. The predicted molar refractivity (Wildman–Crippen MR) is 133 cm³/mol. The molecule has 10 heteroatoms. The van der Waals surface area contributed by atoms with Crippen LogP contribution in [0.25, 0.3) is 10.8 Å². The highest BCUT2D eigenvalue weighted by atomic mass is 19.3. The molecular weight excluding hydrogens is 485 g/mol. The minimum atomic E-state index is -3.70. The summed E-state index contributed by atoms with van der Waals surface area (Å²) in [5.74, 6) is -4.46. The van der Waals surface area contributed by atoms with E-state index in [0.29, 0.717) is 16.9 Å². The summed E-state index contributed by atoms with van der Waals surface area (Å²) in [7, 11) is 1.57. The first-order valence-corrected chi connectivity index (χ1v) is 12.2. The van der Waals surface area contributed by atoms with E-state index < -0.39 is 35.4 Å². The van der Waals surface area contributed by atoms with Crippen molar-refractivity contribution >= 4 is 28.2 Å². The van der Waals surface area contributed by atoms with E-state index in [0.717, 1.165) is 35.5 Å². The predicted octanol–water partition coefficient (Wildman–Crippen LogP) is 4.75. The van der Waals surface area contributed by atoms with Gasteiger partial charge in [0.15, 0.2) is 5.82 Å². The van der Waals surface area contributed by atoms with Crippen molar-refractivity contribution in [1.29, 1.82) is 0 Å². The first-order chi connectivity index (χ1) is 17.5. The number of aliphatic hydroxyl groups is 1. The first kappa shape index (κ1) is 25.4. The van der Waals surface area contributed by atoms with Gasteiger partial charge in [0.25, 0.3) is 5.92 Å². The summed E-state index contributed by atoms with van der Waals surface area (Å²) < 4.78 is 48.7. The lowest BCUT2D eigenvalue weighted by Crippen LogP contribution is -2.42. The number of rotatable bonds is 8. The number of carbonyl (C=O) groups is 1. The number of nitrogens with zero attached hydrogens (tertiary/aromatic N) is 3. The second-order valence-corrected chi connectivity index (χ2v) is 10.2. The molecule has 1 unspecified atom stereocenters. The molecule has 1 aliphatic carbocycles. The number of benzene rings is 2. The molecule has 0 bridgehead atoms. The van der Waals surface area contributed by atoms with Crippen molar-refractivity contribution < 1.29 is 27.8 Å². The summed E-state index contributed by atoms with van der Waals surface area (Å²) in [6.45, 7) is 4.08. The summed E-state index contributed by atoms with van der Waals surface area (Å²) in [6.07, 6.45) is 1.85. The smallest absolute Gasteiger partial charge is 0.298 e. The average Bonchev–Trinajstić information content (AvgIpc) is 3.67. The van der Waals surface area contributed by atoms with Crippen LogP contribution in [0.5, 0.6) is 0 Å². The molecule has 1 amide bonds. The lowest BCUT2D eigenvalue weighted by molar-refractivity contribution is -0.124. The van der Waals surface area contributed by atoms with Gasteiger partial charge in [-0.25, -0.2) is 4.39 Å². The Morgan fingerprint density at radius 1 is 1.27 bits per heavy atom. The molecule has 0 radical (unpaired) electrons. The van der Waals surface area contributed by atoms with Crippen LogP contribution in [0.15, 0.2) is 30.3 Å². The zero-order chi connectivity index (χ0) is 26.7. The fourth-order valence-electron chi connectivity index (χ4n) is 5.21. The second-order valence-electron chi connectivity index (χ2n) is 10.2. The summed E-state index contributed by atoms with van der Waals surface area (Å²) in [5.41, 5.74) is 0.611. The molecule has 7 nitrogen and oxygen atoms in total. The van der Waals surface area contributed by atoms with Crippen LogP contribution in [-0.2, 0) is 20.9 Å². The van der Waals surface area contributed by atoms with E-state index in [1.165, 1.54) is 12.1 Å². The lowest BCUT2D eigenvalue weighted by atomic mass is 9.83. The zero-order valence-corrected chi connectivity index (χ0v) is 21.1. The Hall–Kier alpha value is -3.24. The molecule has 37 heavy (non-hydrogen) atoms. The van der Waals surface area contributed by atoms with Gasteiger partial charge in [-0.1, -0.05) is 12.1 Å². The number of hydrogen-bond donors (Lipinski definition) is 2. The van der Waals surface area contributed by atoms with E-state index in [-0.39, 0.29) is 24.1 Å². The van der Waals surface area contributed by atoms with Crippen LogP contribution in [0.2, 0.25) is 0 Å². The third kappa shape index (κ3) is 4.02. The van der Waals surface area contributed by atoms with Gasteiger partial charge in [0.05, 0.1) is 29.3 Å². The van der Waals surface area contributed by atoms with Gasteiger partial charge >= 0.3 is 0 Å². The molecule has 2 N–H and O–H groups in total. The fraction of sp³-hybridized carbons (Fsp3) is 0.444. The number of nitrogens with one attached hydrogen (secondary N) is 1. The number of anilines is 2. The lowest BCUT2D eigenvalue weighted by Gasteiger charge is -2.23. The Morgan fingerprint density at radius 3 is 2.65 bits per heavy atom. The van der Waals surface area contributed by atoms with Gasteiger partial charge in [-0.15, -0.1) is 5.10 Å². The third-order valence-electron chi connectivity index (χ3n) is 7.41. The number of carbonyl (C=O) groups excluding carboxylic acids is 1. The molecule has 196 valence electrons. The van der Waals surface area contributed by atoms with Crippen LogP contribution < -0.4 is 10.2 Å². The highest BCUT2D eigenvalue weighted by molar-refractivity contribution is 6.12. The monoisotopic (exact) mass is 514 g/mol.